The van der Waals surface area contributed by atoms with E-state index in [0.29, 0.717) is 22.0 Å². The van der Waals surface area contributed by atoms with Gasteiger partial charge in [-0.2, -0.15) is 0 Å². The second-order valence-corrected chi connectivity index (χ2v) is 6.21. The van der Waals surface area contributed by atoms with Gasteiger partial charge in [-0.25, -0.2) is 0 Å². The summed E-state index contributed by atoms with van der Waals surface area (Å²) in [4.78, 5) is 12.6. The molecule has 0 saturated heterocycles. The van der Waals surface area contributed by atoms with E-state index in [-0.39, 0.29) is 5.91 Å². The predicted molar refractivity (Wildman–Crippen MR) is 75.9 cm³/mol. The normalized spacial score (nSPS) is 15.8. The summed E-state index contributed by atoms with van der Waals surface area (Å²) >= 11 is 7.22. The van der Waals surface area contributed by atoms with Crippen LogP contribution in [0.2, 0.25) is 4.34 Å². The lowest BCUT2D eigenvalue weighted by Crippen LogP contribution is -2.31. The number of fused-ring (bicyclic) bond motifs is 1. The minimum Gasteiger partial charge on any atom is -0.383 e. The van der Waals surface area contributed by atoms with Crippen molar-refractivity contribution >= 4 is 28.8 Å². The zero-order valence-corrected chi connectivity index (χ0v) is 11.6. The molecular formula is C14H12ClNO2S. The number of halogens is 1. The number of aliphatic hydroxyl groups is 1. The summed E-state index contributed by atoms with van der Waals surface area (Å²) in [6.45, 7) is 0.675. The van der Waals surface area contributed by atoms with E-state index in [4.69, 9.17) is 11.6 Å². The van der Waals surface area contributed by atoms with E-state index in [9.17, 15) is 9.90 Å². The molecule has 1 amide bonds. The van der Waals surface area contributed by atoms with Crippen LogP contribution in [0.3, 0.4) is 0 Å². The molecule has 5 heteroatoms. The van der Waals surface area contributed by atoms with Crippen LogP contribution >= 0.6 is 22.9 Å². The van der Waals surface area contributed by atoms with Crippen molar-refractivity contribution in [3.05, 3.63) is 56.2 Å². The second-order valence-electron chi connectivity index (χ2n) is 4.47. The Morgan fingerprint density at radius 3 is 2.89 bits per heavy atom. The number of carbonyl (C=O) groups excluding carboxylic acids is 1. The van der Waals surface area contributed by atoms with Crippen LogP contribution < -0.4 is 5.32 Å². The quantitative estimate of drug-likeness (QED) is 0.894. The van der Waals surface area contributed by atoms with Crippen molar-refractivity contribution in [2.45, 2.75) is 12.5 Å². The molecule has 2 heterocycles. The Labute approximate surface area is 119 Å². The lowest BCUT2D eigenvalue weighted by molar-refractivity contribution is 0.0945. The first kappa shape index (κ1) is 12.7. The number of nitrogens with one attached hydrogen (secondary N) is 1. The maximum atomic E-state index is 11.8. The second kappa shape index (κ2) is 4.96. The number of hydrogen-bond acceptors (Lipinski definition) is 3. The van der Waals surface area contributed by atoms with Gasteiger partial charge in [0.25, 0.3) is 5.91 Å². The molecule has 0 bridgehead atoms. The predicted octanol–water partition coefficient (Wildman–Crippen LogP) is 2.77. The van der Waals surface area contributed by atoms with E-state index in [1.54, 1.807) is 18.2 Å². The third-order valence-electron chi connectivity index (χ3n) is 3.24. The Hall–Kier alpha value is -1.36. The molecule has 1 atom stereocenters. The molecule has 98 valence electrons. The minimum atomic E-state index is -0.738. The Morgan fingerprint density at radius 2 is 2.16 bits per heavy atom. The van der Waals surface area contributed by atoms with Crippen LogP contribution in [0.15, 0.2) is 30.3 Å². The maximum Gasteiger partial charge on any atom is 0.251 e. The molecule has 0 fully saturated rings. The summed E-state index contributed by atoms with van der Waals surface area (Å²) in [7, 11) is 0. The van der Waals surface area contributed by atoms with E-state index >= 15 is 0 Å². The first-order valence-electron chi connectivity index (χ1n) is 5.99. The van der Waals surface area contributed by atoms with E-state index in [2.05, 4.69) is 5.32 Å². The number of hydrogen-bond donors (Lipinski definition) is 2. The molecule has 1 aromatic carbocycles. The Bertz CT molecular complexity index is 638. The van der Waals surface area contributed by atoms with Gasteiger partial charge in [-0.05, 0) is 35.7 Å². The fourth-order valence-corrected chi connectivity index (χ4v) is 3.31. The van der Waals surface area contributed by atoms with Gasteiger partial charge in [0.1, 0.15) is 6.10 Å². The van der Waals surface area contributed by atoms with Crippen molar-refractivity contribution in [3.8, 4) is 0 Å². The standard InChI is InChI=1S/C14H12ClNO2S/c15-12-4-3-11(19-12)13(17)9-2-1-8-5-6-16-14(18)10(8)7-9/h1-4,7,13,17H,5-6H2,(H,16,18). The summed E-state index contributed by atoms with van der Waals surface area (Å²) in [5.41, 5.74) is 2.41. The first-order chi connectivity index (χ1) is 9.15. The van der Waals surface area contributed by atoms with Crippen molar-refractivity contribution < 1.29 is 9.90 Å². The largest absolute Gasteiger partial charge is 0.383 e. The highest BCUT2D eigenvalue weighted by Crippen LogP contribution is 2.32. The number of thiophene rings is 1. The number of rotatable bonds is 2. The molecule has 19 heavy (non-hydrogen) atoms. The van der Waals surface area contributed by atoms with E-state index < -0.39 is 6.10 Å². The van der Waals surface area contributed by atoms with Crippen molar-refractivity contribution in [1.82, 2.24) is 5.32 Å². The smallest absolute Gasteiger partial charge is 0.251 e. The summed E-state index contributed by atoms with van der Waals surface area (Å²) in [6, 6.07) is 9.12. The third kappa shape index (κ3) is 2.39. The number of aliphatic hydroxyl groups excluding tert-OH is 1. The number of carbonyl (C=O) groups is 1. The van der Waals surface area contributed by atoms with Crippen molar-refractivity contribution in [3.63, 3.8) is 0 Å². The van der Waals surface area contributed by atoms with Crippen LogP contribution in [0.4, 0.5) is 0 Å². The molecule has 1 aliphatic rings. The fourth-order valence-electron chi connectivity index (χ4n) is 2.24. The fraction of sp³-hybridized carbons (Fsp3) is 0.214. The third-order valence-corrected chi connectivity index (χ3v) is 4.52. The van der Waals surface area contributed by atoms with Crippen LogP contribution in [0.1, 0.15) is 32.5 Å². The maximum absolute atomic E-state index is 11.8. The SMILES string of the molecule is O=C1NCCc2ccc(C(O)c3ccc(Cl)s3)cc21. The van der Waals surface area contributed by atoms with Crippen LogP contribution in [0.5, 0.6) is 0 Å². The Kier molecular flexibility index (Phi) is 3.31. The van der Waals surface area contributed by atoms with Crippen molar-refractivity contribution in [2.24, 2.45) is 0 Å². The highest BCUT2D eigenvalue weighted by Gasteiger charge is 2.20. The van der Waals surface area contributed by atoms with E-state index in [1.165, 1.54) is 11.3 Å². The average molecular weight is 294 g/mol. The van der Waals surface area contributed by atoms with Crippen LogP contribution in [-0.4, -0.2) is 17.6 Å². The topological polar surface area (TPSA) is 49.3 Å². The molecule has 1 aliphatic heterocycles. The van der Waals surface area contributed by atoms with Crippen LogP contribution in [0.25, 0.3) is 0 Å². The molecule has 0 spiro atoms. The zero-order valence-electron chi connectivity index (χ0n) is 10.0. The number of amides is 1. The van der Waals surface area contributed by atoms with Gasteiger partial charge in [-0.3, -0.25) is 4.79 Å². The molecule has 3 nitrogen and oxygen atoms in total. The summed E-state index contributed by atoms with van der Waals surface area (Å²) in [5.74, 6) is -0.0699. The van der Waals surface area contributed by atoms with Crippen molar-refractivity contribution in [1.29, 1.82) is 0 Å². The molecule has 0 saturated carbocycles. The van der Waals surface area contributed by atoms with Gasteiger partial charge in [0.2, 0.25) is 0 Å². The van der Waals surface area contributed by atoms with Gasteiger partial charge in [0.15, 0.2) is 0 Å². The summed E-state index contributed by atoms with van der Waals surface area (Å²) in [5, 5.41) is 13.1. The average Bonchev–Trinajstić information content (AvgIpc) is 2.85. The first-order valence-corrected chi connectivity index (χ1v) is 7.19. The zero-order chi connectivity index (χ0) is 13.4. The van der Waals surface area contributed by atoms with Gasteiger partial charge in [0.05, 0.1) is 4.34 Å². The summed E-state index contributed by atoms with van der Waals surface area (Å²) in [6.07, 6.45) is 0.0972. The van der Waals surface area contributed by atoms with E-state index in [1.807, 2.05) is 12.1 Å². The van der Waals surface area contributed by atoms with Crippen molar-refractivity contribution in [2.75, 3.05) is 6.54 Å². The molecule has 2 N–H and O–H groups in total. The van der Waals surface area contributed by atoms with Gasteiger partial charge >= 0.3 is 0 Å². The number of benzene rings is 1. The highest BCUT2D eigenvalue weighted by molar-refractivity contribution is 7.16. The monoisotopic (exact) mass is 293 g/mol. The minimum absolute atomic E-state index is 0.0699. The van der Waals surface area contributed by atoms with Gasteiger partial charge < -0.3 is 10.4 Å². The molecule has 1 unspecified atom stereocenters. The lowest BCUT2D eigenvalue weighted by atomic mass is 9.96. The Morgan fingerprint density at radius 1 is 1.32 bits per heavy atom. The van der Waals surface area contributed by atoms with Gasteiger partial charge in [-0.1, -0.05) is 23.7 Å². The molecular weight excluding hydrogens is 282 g/mol. The molecule has 0 aliphatic carbocycles. The van der Waals surface area contributed by atoms with Gasteiger partial charge in [-0.15, -0.1) is 11.3 Å². The Balaban J connectivity index is 1.97. The molecule has 1 aromatic heterocycles. The lowest BCUT2D eigenvalue weighted by Gasteiger charge is -2.18. The van der Waals surface area contributed by atoms with Crippen LogP contribution in [0, 0.1) is 0 Å². The molecule has 2 aromatic rings. The van der Waals surface area contributed by atoms with E-state index in [0.717, 1.165) is 16.9 Å². The van der Waals surface area contributed by atoms with Gasteiger partial charge in [0, 0.05) is 17.0 Å². The molecule has 0 radical (unpaired) electrons. The summed E-state index contributed by atoms with van der Waals surface area (Å²) < 4.78 is 0.643. The van der Waals surface area contributed by atoms with Crippen LogP contribution in [-0.2, 0) is 6.42 Å². The molecule has 3 rings (SSSR count). The highest BCUT2D eigenvalue weighted by atomic mass is 35.5.